The molecule has 7 nitrogen and oxygen atoms in total. The Balaban J connectivity index is 2.15. The second-order valence-corrected chi connectivity index (χ2v) is 9.58. The van der Waals surface area contributed by atoms with E-state index in [0.717, 1.165) is 37.3 Å². The van der Waals surface area contributed by atoms with Gasteiger partial charge in [0.15, 0.2) is 5.90 Å². The van der Waals surface area contributed by atoms with Crippen molar-refractivity contribution in [1.82, 2.24) is 10.6 Å². The first-order valence-corrected chi connectivity index (χ1v) is 12.9. The lowest BCUT2D eigenvalue weighted by molar-refractivity contribution is -0.122. The number of carbonyl (C=O) groups is 1. The molecule has 0 bridgehead atoms. The van der Waals surface area contributed by atoms with Crippen LogP contribution in [0.5, 0.6) is 0 Å². The predicted molar refractivity (Wildman–Crippen MR) is 145 cm³/mol. The molecule has 3 N–H and O–H groups in total. The molecule has 194 valence electrons. The normalized spacial score (nSPS) is 22.3. The molecule has 0 saturated heterocycles. The Hall–Kier alpha value is -2.22. The number of hydrogen-bond acceptors (Lipinski definition) is 5. The van der Waals surface area contributed by atoms with E-state index in [1.807, 2.05) is 25.3 Å². The average Bonchev–Trinajstić information content (AvgIpc) is 2.86. The molecule has 1 amide bonds. The number of amidine groups is 1. The summed E-state index contributed by atoms with van der Waals surface area (Å²) >= 11 is 6.07. The molecule has 2 aliphatic rings. The van der Waals surface area contributed by atoms with Gasteiger partial charge in [0, 0.05) is 44.1 Å². The lowest BCUT2D eigenvalue weighted by atomic mass is 9.91. The number of nitrogens with zero attached hydrogens (tertiary/aromatic N) is 2. The number of likely N-dealkylation sites (N-methyl/N-ethyl adjacent to an activating group) is 1. The van der Waals surface area contributed by atoms with E-state index >= 15 is 0 Å². The molecule has 0 aromatic rings. The monoisotopic (exact) mass is 504 g/mol. The van der Waals surface area contributed by atoms with E-state index in [2.05, 4.69) is 40.8 Å². The van der Waals surface area contributed by atoms with Crippen molar-refractivity contribution in [3.63, 3.8) is 0 Å². The molecule has 0 saturated carbocycles. The SMILES string of the molecule is CN=C(N=C(OC1C=CC=C(CNC)C1)C(C)CCC1C=CC(Cl)=CC1)C(C)C(=O)NCCCO. The van der Waals surface area contributed by atoms with Crippen LogP contribution in [-0.4, -0.2) is 62.6 Å². The molecule has 2 rings (SSSR count). The molecule has 0 radical (unpaired) electrons. The van der Waals surface area contributed by atoms with Gasteiger partial charge in [-0.25, -0.2) is 4.99 Å². The fourth-order valence-corrected chi connectivity index (χ4v) is 4.17. The van der Waals surface area contributed by atoms with Crippen LogP contribution in [0.4, 0.5) is 0 Å². The van der Waals surface area contributed by atoms with E-state index in [1.54, 1.807) is 14.0 Å². The summed E-state index contributed by atoms with van der Waals surface area (Å²) in [5.74, 6) is 0.845. The van der Waals surface area contributed by atoms with Crippen molar-refractivity contribution in [2.24, 2.45) is 27.7 Å². The van der Waals surface area contributed by atoms with Crippen LogP contribution in [0.15, 0.2) is 57.0 Å². The number of ether oxygens (including phenoxy) is 1. The Morgan fingerprint density at radius 2 is 2.14 bits per heavy atom. The largest absolute Gasteiger partial charge is 0.473 e. The fraction of sp³-hybridized carbons (Fsp3) is 0.593. The minimum atomic E-state index is -0.528. The van der Waals surface area contributed by atoms with Crippen LogP contribution < -0.4 is 10.6 Å². The lowest BCUT2D eigenvalue weighted by Gasteiger charge is -2.25. The van der Waals surface area contributed by atoms with Gasteiger partial charge in [0.2, 0.25) is 5.91 Å². The second-order valence-electron chi connectivity index (χ2n) is 9.14. The van der Waals surface area contributed by atoms with E-state index in [9.17, 15) is 4.79 Å². The van der Waals surface area contributed by atoms with E-state index in [-0.39, 0.29) is 24.5 Å². The minimum absolute atomic E-state index is 0.0358. The smallest absolute Gasteiger partial charge is 0.230 e. The number of rotatable bonds is 12. The first-order valence-electron chi connectivity index (χ1n) is 12.5. The van der Waals surface area contributed by atoms with E-state index in [0.29, 0.717) is 30.6 Å². The molecule has 4 atom stereocenters. The van der Waals surface area contributed by atoms with Gasteiger partial charge in [0.25, 0.3) is 0 Å². The Kier molecular flexibility index (Phi) is 13.0. The number of aliphatic hydroxyl groups is 1. The standard InChI is InChI=1S/C27H41ClN4O3/c1-19(9-10-21-11-13-23(28)14-12-21)27(35-24-8-5-7-22(17-24)18-29-3)32-25(30-4)20(2)26(34)31-15-6-16-33/h5,7-8,11,13-14,19-21,24,29,33H,6,9-10,12,15-18H2,1-4H3,(H,31,34). The van der Waals surface area contributed by atoms with Crippen LogP contribution in [-0.2, 0) is 9.53 Å². The first-order chi connectivity index (χ1) is 16.9. The van der Waals surface area contributed by atoms with Crippen molar-refractivity contribution < 1.29 is 14.6 Å². The number of halogens is 1. The van der Waals surface area contributed by atoms with Crippen LogP contribution in [0.2, 0.25) is 0 Å². The molecule has 0 aromatic carbocycles. The molecule has 0 spiro atoms. The maximum Gasteiger partial charge on any atom is 0.230 e. The third-order valence-electron chi connectivity index (χ3n) is 6.20. The van der Waals surface area contributed by atoms with Gasteiger partial charge < -0.3 is 20.5 Å². The van der Waals surface area contributed by atoms with Crippen LogP contribution >= 0.6 is 11.6 Å². The average molecular weight is 505 g/mol. The zero-order valence-corrected chi connectivity index (χ0v) is 22.2. The van der Waals surface area contributed by atoms with Gasteiger partial charge in [0.05, 0.1) is 5.92 Å². The number of aliphatic hydroxyl groups excluding tert-OH is 1. The van der Waals surface area contributed by atoms with Gasteiger partial charge >= 0.3 is 0 Å². The summed E-state index contributed by atoms with van der Waals surface area (Å²) in [7, 11) is 3.58. The highest BCUT2D eigenvalue weighted by atomic mass is 35.5. The number of hydrogen-bond donors (Lipinski definition) is 3. The summed E-state index contributed by atoms with van der Waals surface area (Å²) in [5, 5.41) is 15.8. The number of nitrogens with one attached hydrogen (secondary N) is 2. The summed E-state index contributed by atoms with van der Waals surface area (Å²) in [6.07, 6.45) is 16.4. The molecule has 0 aromatic heterocycles. The Morgan fingerprint density at radius 1 is 1.34 bits per heavy atom. The third kappa shape index (κ3) is 10.1. The van der Waals surface area contributed by atoms with Crippen molar-refractivity contribution in [1.29, 1.82) is 0 Å². The molecule has 0 heterocycles. The van der Waals surface area contributed by atoms with Crippen LogP contribution in [0.25, 0.3) is 0 Å². The highest BCUT2D eigenvalue weighted by Crippen LogP contribution is 2.26. The molecule has 4 unspecified atom stereocenters. The van der Waals surface area contributed by atoms with Gasteiger partial charge in [-0.1, -0.05) is 48.4 Å². The third-order valence-corrected chi connectivity index (χ3v) is 6.48. The van der Waals surface area contributed by atoms with Crippen LogP contribution in [0, 0.1) is 17.8 Å². The van der Waals surface area contributed by atoms with Gasteiger partial charge in [0.1, 0.15) is 11.9 Å². The van der Waals surface area contributed by atoms with Crippen molar-refractivity contribution in [2.45, 2.75) is 52.1 Å². The number of amides is 1. The van der Waals surface area contributed by atoms with Crippen molar-refractivity contribution in [3.05, 3.63) is 47.1 Å². The molecule has 2 aliphatic carbocycles. The van der Waals surface area contributed by atoms with Crippen molar-refractivity contribution in [3.8, 4) is 0 Å². The lowest BCUT2D eigenvalue weighted by Crippen LogP contribution is -2.35. The fourth-order valence-electron chi connectivity index (χ4n) is 4.01. The molecular weight excluding hydrogens is 464 g/mol. The predicted octanol–water partition coefficient (Wildman–Crippen LogP) is 4.15. The Bertz CT molecular complexity index is 876. The number of carbonyl (C=O) groups excluding carboxylic acids is 1. The summed E-state index contributed by atoms with van der Waals surface area (Å²) in [5.41, 5.74) is 1.27. The number of aliphatic imine (C=N–C) groups is 2. The molecule has 0 aliphatic heterocycles. The van der Waals surface area contributed by atoms with E-state index in [4.69, 9.17) is 26.4 Å². The van der Waals surface area contributed by atoms with Crippen molar-refractivity contribution in [2.75, 3.05) is 33.8 Å². The highest BCUT2D eigenvalue weighted by molar-refractivity contribution is 6.31. The maximum absolute atomic E-state index is 12.6. The van der Waals surface area contributed by atoms with Gasteiger partial charge in [-0.2, -0.15) is 0 Å². The summed E-state index contributed by atoms with van der Waals surface area (Å²) in [4.78, 5) is 21.7. The van der Waals surface area contributed by atoms with E-state index < -0.39 is 5.92 Å². The first kappa shape index (κ1) is 29.0. The topological polar surface area (TPSA) is 95.3 Å². The Morgan fingerprint density at radius 3 is 2.80 bits per heavy atom. The van der Waals surface area contributed by atoms with Gasteiger partial charge in [-0.3, -0.25) is 9.79 Å². The van der Waals surface area contributed by atoms with Gasteiger partial charge in [-0.15, -0.1) is 0 Å². The zero-order chi connectivity index (χ0) is 25.6. The van der Waals surface area contributed by atoms with Gasteiger partial charge in [-0.05, 0) is 57.7 Å². The van der Waals surface area contributed by atoms with Crippen molar-refractivity contribution >= 4 is 29.2 Å². The summed E-state index contributed by atoms with van der Waals surface area (Å²) in [6.45, 7) is 5.17. The number of allylic oxidation sites excluding steroid dienone is 6. The highest BCUT2D eigenvalue weighted by Gasteiger charge is 2.24. The molecule has 35 heavy (non-hydrogen) atoms. The van der Waals surface area contributed by atoms with Crippen LogP contribution in [0.1, 0.15) is 46.0 Å². The van der Waals surface area contributed by atoms with Crippen LogP contribution in [0.3, 0.4) is 0 Å². The van der Waals surface area contributed by atoms with E-state index in [1.165, 1.54) is 5.57 Å². The second kappa shape index (κ2) is 15.7. The summed E-state index contributed by atoms with van der Waals surface area (Å²) < 4.78 is 6.45. The molecule has 0 fully saturated rings. The molecule has 8 heteroatoms. The molecular formula is C27H41ClN4O3. The zero-order valence-electron chi connectivity index (χ0n) is 21.5. The minimum Gasteiger partial charge on any atom is -0.473 e. The Labute approximate surface area is 215 Å². The maximum atomic E-state index is 12.6. The summed E-state index contributed by atoms with van der Waals surface area (Å²) in [6, 6.07) is 0. The quantitative estimate of drug-likeness (QED) is 0.211.